The molecule has 16 heavy (non-hydrogen) atoms. The second kappa shape index (κ2) is 29.3. The summed E-state index contributed by atoms with van der Waals surface area (Å²) < 4.78 is 0. The summed E-state index contributed by atoms with van der Waals surface area (Å²) in [5, 5.41) is 18.7. The summed E-state index contributed by atoms with van der Waals surface area (Å²) in [6.07, 6.45) is 2.38. The van der Waals surface area contributed by atoms with E-state index in [2.05, 4.69) is 0 Å². The lowest BCUT2D eigenvalue weighted by molar-refractivity contribution is 0.295. The maximum atomic E-state index is 8.35. The van der Waals surface area contributed by atoms with Crippen molar-refractivity contribution in [3.8, 4) is 0 Å². The second-order valence-electron chi connectivity index (χ2n) is 2.08. The zero-order chi connectivity index (χ0) is 13.1. The van der Waals surface area contributed by atoms with Gasteiger partial charge in [-0.3, -0.25) is 0 Å². The smallest absolute Gasteiger partial charge is 0.231 e. The van der Waals surface area contributed by atoms with Crippen LogP contribution < -0.4 is 0 Å². The van der Waals surface area contributed by atoms with Crippen molar-refractivity contribution in [2.75, 3.05) is 6.61 Å². The molecule has 5 nitrogen and oxygen atoms in total. The minimum Gasteiger partial charge on any atom is -0.396 e. The van der Waals surface area contributed by atoms with E-state index in [9.17, 15) is 0 Å². The van der Waals surface area contributed by atoms with Crippen LogP contribution >= 0.6 is 0 Å². The van der Waals surface area contributed by atoms with Gasteiger partial charge >= 0.3 is 0 Å². The first-order valence-corrected chi connectivity index (χ1v) is 4.43. The van der Waals surface area contributed by atoms with Gasteiger partial charge in [0.2, 0.25) is 12.2 Å². The van der Waals surface area contributed by atoms with Crippen LogP contribution in [-0.4, -0.2) is 23.9 Å². The molecule has 0 aliphatic rings. The molecule has 88 valence electrons. The van der Waals surface area contributed by atoms with Gasteiger partial charge in [-0.15, -0.1) is 0 Å². The van der Waals surface area contributed by atoms with Gasteiger partial charge in [-0.1, -0.05) is 43.3 Å². The molecule has 0 bridgehead atoms. The molecule has 0 heterocycles. The van der Waals surface area contributed by atoms with E-state index in [0.717, 1.165) is 18.6 Å². The number of aliphatic hydroxyl groups excluding tert-OH is 1. The highest BCUT2D eigenvalue weighted by molar-refractivity contribution is 5.26. The Kier molecular flexibility index (Phi) is 35.7. The molecule has 1 rings (SSSR count). The van der Waals surface area contributed by atoms with E-state index in [4.69, 9.17) is 25.5 Å². The monoisotopic (exact) mass is 224 g/mol. The van der Waals surface area contributed by atoms with Crippen molar-refractivity contribution in [1.82, 2.24) is 0 Å². The van der Waals surface area contributed by atoms with Crippen molar-refractivity contribution >= 4 is 12.2 Å². The van der Waals surface area contributed by atoms with Gasteiger partial charge in [0, 0.05) is 6.61 Å². The maximum absolute atomic E-state index is 8.35. The number of isocyanates is 2. The van der Waals surface area contributed by atoms with Crippen LogP contribution in [0.1, 0.15) is 13.3 Å². The molecule has 3 N–H and O–H groups in total. The standard InChI is InChI=1S/C6H6.C3H8O.2CHNO/c1-2-4-6-5-3-1;1-2-3-4;2*2-1-3/h1-6H;4H,2-3H2,1H3;2*2H. The Balaban J connectivity index is -0.000000150. The van der Waals surface area contributed by atoms with Crippen molar-refractivity contribution in [1.29, 1.82) is 10.8 Å². The topological polar surface area (TPSA) is 102 Å². The minimum absolute atomic E-state index is 0.319. The van der Waals surface area contributed by atoms with Crippen molar-refractivity contribution in [2.45, 2.75) is 13.3 Å². The van der Waals surface area contributed by atoms with Gasteiger partial charge in [-0.2, -0.15) is 0 Å². The number of hydrogen-bond acceptors (Lipinski definition) is 5. The van der Waals surface area contributed by atoms with E-state index in [1.54, 1.807) is 0 Å². The number of nitrogens with one attached hydrogen (secondary N) is 2. The number of rotatable bonds is 1. The van der Waals surface area contributed by atoms with E-state index in [-0.39, 0.29) is 0 Å². The van der Waals surface area contributed by atoms with Crippen molar-refractivity contribution in [3.05, 3.63) is 36.4 Å². The highest BCUT2D eigenvalue weighted by Crippen LogP contribution is 1.79. The molecule has 0 fully saturated rings. The molecule has 0 aliphatic heterocycles. The molecule has 0 amide bonds. The Morgan fingerprint density at radius 1 is 0.938 bits per heavy atom. The first-order chi connectivity index (χ1) is 7.74. The van der Waals surface area contributed by atoms with Crippen LogP contribution in [0, 0.1) is 10.8 Å². The summed E-state index contributed by atoms with van der Waals surface area (Å²) >= 11 is 0. The van der Waals surface area contributed by atoms with E-state index >= 15 is 0 Å². The lowest BCUT2D eigenvalue weighted by Gasteiger charge is -1.69. The molecule has 0 saturated carbocycles. The van der Waals surface area contributed by atoms with Gasteiger partial charge < -0.3 is 5.11 Å². The zero-order valence-corrected chi connectivity index (χ0v) is 9.14. The zero-order valence-electron chi connectivity index (χ0n) is 9.14. The fourth-order valence-electron chi connectivity index (χ4n) is 0.385. The Bertz CT molecular complexity index is 223. The fraction of sp³-hybridized carbons (Fsp3) is 0.273. The van der Waals surface area contributed by atoms with Gasteiger partial charge in [-0.05, 0) is 6.42 Å². The Labute approximate surface area is 94.8 Å². The highest BCUT2D eigenvalue weighted by atomic mass is 16.2. The summed E-state index contributed by atoms with van der Waals surface area (Å²) in [5.74, 6) is 0. The number of carbonyl (C=O) groups excluding carboxylic acids is 2. The summed E-state index contributed by atoms with van der Waals surface area (Å²) in [5.41, 5.74) is 0. The van der Waals surface area contributed by atoms with E-state index in [0.29, 0.717) is 6.61 Å². The lowest BCUT2D eigenvalue weighted by Crippen LogP contribution is -1.69. The Hall–Kier alpha value is -2.06. The summed E-state index contributed by atoms with van der Waals surface area (Å²) in [4.78, 5) is 16.7. The Morgan fingerprint density at radius 3 is 1.12 bits per heavy atom. The highest BCUT2D eigenvalue weighted by Gasteiger charge is 1.58. The number of hydrogen-bond donors (Lipinski definition) is 3. The summed E-state index contributed by atoms with van der Waals surface area (Å²) in [6.45, 7) is 2.25. The van der Waals surface area contributed by atoms with E-state index in [1.807, 2.05) is 43.3 Å². The second-order valence-corrected chi connectivity index (χ2v) is 2.08. The quantitative estimate of drug-likeness (QED) is 0.501. The largest absolute Gasteiger partial charge is 0.396 e. The predicted molar refractivity (Wildman–Crippen MR) is 60.6 cm³/mol. The third-order valence-corrected chi connectivity index (χ3v) is 0.890. The molecule has 0 spiro atoms. The normalized spacial score (nSPS) is 5.88. The molecule has 5 heteroatoms. The molecule has 0 saturated heterocycles. The average Bonchev–Trinajstić information content (AvgIpc) is 2.34. The van der Waals surface area contributed by atoms with Crippen LogP contribution in [0.15, 0.2) is 36.4 Å². The van der Waals surface area contributed by atoms with Crippen molar-refractivity contribution in [2.24, 2.45) is 0 Å². The fourth-order valence-corrected chi connectivity index (χ4v) is 0.385. The summed E-state index contributed by atoms with van der Waals surface area (Å²) in [7, 11) is 0. The SMILES string of the molecule is CCCO.N=C=O.N=C=O.c1ccccc1. The molecule has 1 aromatic carbocycles. The van der Waals surface area contributed by atoms with E-state index in [1.165, 1.54) is 0 Å². The molecule has 0 atom stereocenters. The third-order valence-electron chi connectivity index (χ3n) is 0.890. The van der Waals surface area contributed by atoms with Crippen LogP contribution in [0.4, 0.5) is 0 Å². The first kappa shape index (κ1) is 19.5. The molecule has 0 radical (unpaired) electrons. The van der Waals surface area contributed by atoms with Gasteiger partial charge in [0.25, 0.3) is 0 Å². The summed E-state index contributed by atoms with van der Waals surface area (Å²) in [6, 6.07) is 12.0. The molecule has 1 aromatic rings. The van der Waals surface area contributed by atoms with Crippen LogP contribution in [0.3, 0.4) is 0 Å². The lowest BCUT2D eigenvalue weighted by atomic mass is 10.4. The third kappa shape index (κ3) is 58.6. The average molecular weight is 224 g/mol. The molecule has 0 aromatic heterocycles. The maximum Gasteiger partial charge on any atom is 0.231 e. The van der Waals surface area contributed by atoms with Gasteiger partial charge in [0.05, 0.1) is 0 Å². The first-order valence-electron chi connectivity index (χ1n) is 4.43. The van der Waals surface area contributed by atoms with Crippen LogP contribution in [0.25, 0.3) is 0 Å². The van der Waals surface area contributed by atoms with Crippen LogP contribution in [0.5, 0.6) is 0 Å². The predicted octanol–water partition coefficient (Wildman–Crippen LogP) is 1.88. The van der Waals surface area contributed by atoms with Crippen molar-refractivity contribution < 1.29 is 14.7 Å². The van der Waals surface area contributed by atoms with Gasteiger partial charge in [0.15, 0.2) is 0 Å². The molecule has 0 aliphatic carbocycles. The van der Waals surface area contributed by atoms with Crippen LogP contribution in [0.2, 0.25) is 0 Å². The van der Waals surface area contributed by atoms with Crippen LogP contribution in [-0.2, 0) is 9.59 Å². The minimum atomic E-state index is 0.319. The van der Waals surface area contributed by atoms with Gasteiger partial charge in [-0.25, -0.2) is 20.4 Å². The molecular weight excluding hydrogens is 208 g/mol. The van der Waals surface area contributed by atoms with Crippen molar-refractivity contribution in [3.63, 3.8) is 0 Å². The molecule has 0 unspecified atom stereocenters. The number of aliphatic hydroxyl groups is 1. The van der Waals surface area contributed by atoms with E-state index < -0.39 is 0 Å². The molecular formula is C11H16N2O3. The number of benzene rings is 1. The Morgan fingerprint density at radius 2 is 1.06 bits per heavy atom. The van der Waals surface area contributed by atoms with Gasteiger partial charge in [0.1, 0.15) is 0 Å².